The van der Waals surface area contributed by atoms with Gasteiger partial charge in [0.15, 0.2) is 0 Å². The van der Waals surface area contributed by atoms with Gasteiger partial charge in [-0.05, 0) is 13.8 Å². The fraction of sp³-hybridized carbons (Fsp3) is 0.636. The number of anilines is 2. The van der Waals surface area contributed by atoms with E-state index in [0.717, 1.165) is 0 Å². The van der Waals surface area contributed by atoms with Crippen molar-refractivity contribution in [1.29, 1.82) is 0 Å². The third kappa shape index (κ3) is 5.29. The van der Waals surface area contributed by atoms with Crippen LogP contribution < -0.4 is 10.6 Å². The Balaban J connectivity index is 2.81. The van der Waals surface area contributed by atoms with E-state index in [1.807, 2.05) is 6.92 Å². The summed E-state index contributed by atoms with van der Waals surface area (Å²) in [5.41, 5.74) is 0. The van der Waals surface area contributed by atoms with Crippen LogP contribution in [-0.4, -0.2) is 36.3 Å². The number of rotatable bonds is 7. The summed E-state index contributed by atoms with van der Waals surface area (Å²) in [5, 5.41) is 5.51. The summed E-state index contributed by atoms with van der Waals surface area (Å²) in [6.07, 6.45) is -4.57. The number of alkyl halides is 3. The number of nitrogens with one attached hydrogen (secondary N) is 2. The molecule has 5 nitrogen and oxygen atoms in total. The van der Waals surface area contributed by atoms with Crippen LogP contribution in [0.3, 0.4) is 0 Å². The van der Waals surface area contributed by atoms with Crippen LogP contribution in [0.2, 0.25) is 0 Å². The predicted molar refractivity (Wildman–Crippen MR) is 66.2 cm³/mol. The second-order valence-electron chi connectivity index (χ2n) is 3.61. The molecule has 1 heterocycles. The zero-order valence-corrected chi connectivity index (χ0v) is 10.8. The third-order valence-electron chi connectivity index (χ3n) is 2.09. The summed E-state index contributed by atoms with van der Waals surface area (Å²) in [6, 6.07) is 1.44. The molecular formula is C11H17F3N4O. The minimum atomic E-state index is -4.57. The van der Waals surface area contributed by atoms with Gasteiger partial charge in [-0.15, -0.1) is 0 Å². The molecule has 0 aliphatic rings. The highest BCUT2D eigenvalue weighted by Crippen LogP contribution is 2.28. The fourth-order valence-electron chi connectivity index (χ4n) is 1.33. The lowest BCUT2D eigenvalue weighted by atomic mass is 10.4. The molecule has 0 saturated carbocycles. The molecule has 0 fully saturated rings. The van der Waals surface area contributed by atoms with Gasteiger partial charge >= 0.3 is 6.18 Å². The SMILES string of the molecule is CCNc1cc(NCCOCC)nc(C(F)(F)F)n1. The molecule has 0 atom stereocenters. The van der Waals surface area contributed by atoms with E-state index >= 15 is 0 Å². The summed E-state index contributed by atoms with van der Waals surface area (Å²) < 4.78 is 43.0. The average molecular weight is 278 g/mol. The molecule has 0 spiro atoms. The van der Waals surface area contributed by atoms with Crippen LogP contribution in [0, 0.1) is 0 Å². The van der Waals surface area contributed by atoms with Gasteiger partial charge in [-0.2, -0.15) is 13.2 Å². The van der Waals surface area contributed by atoms with Gasteiger partial charge in [-0.3, -0.25) is 0 Å². The molecule has 0 unspecified atom stereocenters. The molecule has 0 aromatic carbocycles. The second-order valence-corrected chi connectivity index (χ2v) is 3.61. The second kappa shape index (κ2) is 7.13. The van der Waals surface area contributed by atoms with Gasteiger partial charge in [0.1, 0.15) is 11.6 Å². The van der Waals surface area contributed by atoms with Crippen molar-refractivity contribution in [3.8, 4) is 0 Å². The third-order valence-corrected chi connectivity index (χ3v) is 2.09. The van der Waals surface area contributed by atoms with Crippen LogP contribution in [0.25, 0.3) is 0 Å². The molecule has 0 saturated heterocycles. The highest BCUT2D eigenvalue weighted by atomic mass is 19.4. The smallest absolute Gasteiger partial charge is 0.380 e. The Hall–Kier alpha value is -1.57. The van der Waals surface area contributed by atoms with Crippen LogP contribution in [-0.2, 0) is 10.9 Å². The Bertz CT molecular complexity index is 398. The predicted octanol–water partition coefficient (Wildman–Crippen LogP) is 2.38. The summed E-state index contributed by atoms with van der Waals surface area (Å²) in [5.74, 6) is -0.897. The van der Waals surface area contributed by atoms with E-state index in [2.05, 4.69) is 20.6 Å². The first-order valence-corrected chi connectivity index (χ1v) is 5.99. The molecule has 1 aromatic heterocycles. The molecule has 0 amide bonds. The highest BCUT2D eigenvalue weighted by molar-refractivity contribution is 5.47. The maximum atomic E-state index is 12.6. The van der Waals surface area contributed by atoms with Crippen molar-refractivity contribution >= 4 is 11.6 Å². The zero-order valence-electron chi connectivity index (χ0n) is 10.8. The van der Waals surface area contributed by atoms with E-state index in [0.29, 0.717) is 26.3 Å². The lowest BCUT2D eigenvalue weighted by Gasteiger charge is -2.12. The van der Waals surface area contributed by atoms with Crippen molar-refractivity contribution in [3.63, 3.8) is 0 Å². The van der Waals surface area contributed by atoms with E-state index in [4.69, 9.17) is 4.74 Å². The Labute approximate surface area is 109 Å². The van der Waals surface area contributed by atoms with E-state index in [1.54, 1.807) is 6.92 Å². The first-order valence-electron chi connectivity index (χ1n) is 5.99. The maximum absolute atomic E-state index is 12.6. The molecule has 108 valence electrons. The van der Waals surface area contributed by atoms with Gasteiger partial charge in [-0.1, -0.05) is 0 Å². The van der Waals surface area contributed by atoms with Crippen LogP contribution in [0.4, 0.5) is 24.8 Å². The first kappa shape index (κ1) is 15.5. The zero-order chi connectivity index (χ0) is 14.3. The van der Waals surface area contributed by atoms with E-state index in [-0.39, 0.29) is 11.6 Å². The number of nitrogens with zero attached hydrogens (tertiary/aromatic N) is 2. The maximum Gasteiger partial charge on any atom is 0.451 e. The van der Waals surface area contributed by atoms with Crippen molar-refractivity contribution in [2.75, 3.05) is 36.9 Å². The first-order chi connectivity index (χ1) is 8.97. The Kier molecular flexibility index (Phi) is 5.81. The normalized spacial score (nSPS) is 11.4. The topological polar surface area (TPSA) is 59.1 Å². The molecule has 0 radical (unpaired) electrons. The molecule has 1 aromatic rings. The lowest BCUT2D eigenvalue weighted by Crippen LogP contribution is -2.16. The summed E-state index contributed by atoms with van der Waals surface area (Å²) in [6.45, 7) is 5.44. The molecule has 0 bridgehead atoms. The van der Waals surface area contributed by atoms with E-state index < -0.39 is 12.0 Å². The number of hydrogen-bond donors (Lipinski definition) is 2. The quantitative estimate of drug-likeness (QED) is 0.750. The standard InChI is InChI=1S/C11H17F3N4O/c1-3-15-8-7-9(16-5-6-19-4-2)18-10(17-8)11(12,13)14/h7H,3-6H2,1-2H3,(H2,15,16,17,18). The fourth-order valence-corrected chi connectivity index (χ4v) is 1.33. The van der Waals surface area contributed by atoms with Crippen molar-refractivity contribution in [2.45, 2.75) is 20.0 Å². The number of ether oxygens (including phenoxy) is 1. The molecule has 1 rings (SSSR count). The summed E-state index contributed by atoms with van der Waals surface area (Å²) in [4.78, 5) is 6.86. The van der Waals surface area contributed by atoms with Crippen LogP contribution in [0.1, 0.15) is 19.7 Å². The summed E-state index contributed by atoms with van der Waals surface area (Å²) >= 11 is 0. The lowest BCUT2D eigenvalue weighted by molar-refractivity contribution is -0.144. The Morgan fingerprint density at radius 1 is 1.16 bits per heavy atom. The monoisotopic (exact) mass is 278 g/mol. The molecule has 0 aliphatic heterocycles. The van der Waals surface area contributed by atoms with Gasteiger partial charge in [0.25, 0.3) is 0 Å². The average Bonchev–Trinajstić information content (AvgIpc) is 2.34. The van der Waals surface area contributed by atoms with Crippen molar-refractivity contribution in [2.24, 2.45) is 0 Å². The molecule has 0 aliphatic carbocycles. The minimum absolute atomic E-state index is 0.123. The van der Waals surface area contributed by atoms with Crippen LogP contribution >= 0.6 is 0 Å². The highest BCUT2D eigenvalue weighted by Gasteiger charge is 2.35. The van der Waals surface area contributed by atoms with Gasteiger partial charge in [-0.25, -0.2) is 9.97 Å². The van der Waals surface area contributed by atoms with Gasteiger partial charge in [0, 0.05) is 25.8 Å². The Morgan fingerprint density at radius 2 is 1.79 bits per heavy atom. The number of hydrogen-bond acceptors (Lipinski definition) is 5. The van der Waals surface area contributed by atoms with E-state index in [9.17, 15) is 13.2 Å². The van der Waals surface area contributed by atoms with Crippen molar-refractivity contribution < 1.29 is 17.9 Å². The summed E-state index contributed by atoms with van der Waals surface area (Å²) in [7, 11) is 0. The number of halogens is 3. The van der Waals surface area contributed by atoms with Gasteiger partial charge in [0.05, 0.1) is 6.61 Å². The Morgan fingerprint density at radius 3 is 2.32 bits per heavy atom. The van der Waals surface area contributed by atoms with E-state index in [1.165, 1.54) is 6.07 Å². The molecule has 2 N–H and O–H groups in total. The van der Waals surface area contributed by atoms with Crippen LogP contribution in [0.5, 0.6) is 0 Å². The van der Waals surface area contributed by atoms with Crippen molar-refractivity contribution in [3.05, 3.63) is 11.9 Å². The van der Waals surface area contributed by atoms with Crippen molar-refractivity contribution in [1.82, 2.24) is 9.97 Å². The number of aromatic nitrogens is 2. The molecular weight excluding hydrogens is 261 g/mol. The van der Waals surface area contributed by atoms with Gasteiger partial charge < -0.3 is 15.4 Å². The molecule has 8 heteroatoms. The molecule has 19 heavy (non-hydrogen) atoms. The largest absolute Gasteiger partial charge is 0.451 e. The van der Waals surface area contributed by atoms with Gasteiger partial charge in [0.2, 0.25) is 5.82 Å². The minimum Gasteiger partial charge on any atom is -0.380 e. The van der Waals surface area contributed by atoms with Crippen LogP contribution in [0.15, 0.2) is 6.07 Å².